The monoisotopic (exact) mass is 276 g/mol. The van der Waals surface area contributed by atoms with Gasteiger partial charge in [-0.3, -0.25) is 9.59 Å². The van der Waals surface area contributed by atoms with E-state index in [1.807, 2.05) is 0 Å². The number of benzene rings is 1. The van der Waals surface area contributed by atoms with Crippen molar-refractivity contribution in [3.05, 3.63) is 34.4 Å². The van der Waals surface area contributed by atoms with Crippen LogP contribution in [0.15, 0.2) is 27.4 Å². The number of hydrogen-bond acceptors (Lipinski definition) is 6. The molecule has 0 saturated carbocycles. The first-order valence-electron chi connectivity index (χ1n) is 5.82. The Kier molecular flexibility index (Phi) is 3.56. The van der Waals surface area contributed by atoms with Crippen molar-refractivity contribution < 1.29 is 23.5 Å². The normalized spacial score (nSPS) is 10.3. The molecular weight excluding hydrogens is 264 g/mol. The second-order valence-electron chi connectivity index (χ2n) is 4.22. The molecule has 0 fully saturated rings. The van der Waals surface area contributed by atoms with Crippen LogP contribution >= 0.6 is 0 Å². The molecular formula is C14H12O6. The van der Waals surface area contributed by atoms with Crippen LogP contribution in [-0.4, -0.2) is 11.9 Å². The van der Waals surface area contributed by atoms with Gasteiger partial charge in [0, 0.05) is 19.9 Å². The molecule has 2 aromatic rings. The molecule has 0 aliphatic rings. The zero-order valence-electron chi connectivity index (χ0n) is 11.2. The summed E-state index contributed by atoms with van der Waals surface area (Å²) in [6, 6.07) is 4.40. The van der Waals surface area contributed by atoms with Gasteiger partial charge in [0.2, 0.25) is 0 Å². The molecule has 0 atom stereocenters. The van der Waals surface area contributed by atoms with Gasteiger partial charge in [-0.05, 0) is 24.4 Å². The number of carbonyl (C=O) groups excluding carboxylic acids is 2. The summed E-state index contributed by atoms with van der Waals surface area (Å²) in [5.41, 5.74) is -0.620. The Morgan fingerprint density at radius 1 is 1.05 bits per heavy atom. The lowest BCUT2D eigenvalue weighted by Gasteiger charge is -2.08. The van der Waals surface area contributed by atoms with Crippen LogP contribution in [0.25, 0.3) is 10.8 Å². The molecule has 0 spiro atoms. The van der Waals surface area contributed by atoms with E-state index in [1.165, 1.54) is 26.0 Å². The van der Waals surface area contributed by atoms with Gasteiger partial charge in [-0.25, -0.2) is 4.79 Å². The van der Waals surface area contributed by atoms with Crippen molar-refractivity contribution in [1.82, 2.24) is 0 Å². The van der Waals surface area contributed by atoms with Crippen LogP contribution < -0.4 is 15.1 Å². The molecule has 1 aromatic carbocycles. The van der Waals surface area contributed by atoms with E-state index in [0.717, 1.165) is 0 Å². The maximum atomic E-state index is 11.9. The molecule has 0 aliphatic carbocycles. The number of rotatable bonds is 2. The summed E-state index contributed by atoms with van der Waals surface area (Å²) in [5.74, 6) is -0.522. The lowest BCUT2D eigenvalue weighted by atomic mass is 10.1. The van der Waals surface area contributed by atoms with Crippen molar-refractivity contribution in [3.63, 3.8) is 0 Å². The van der Waals surface area contributed by atoms with Crippen molar-refractivity contribution in [2.45, 2.75) is 20.8 Å². The van der Waals surface area contributed by atoms with Crippen LogP contribution in [0.2, 0.25) is 0 Å². The molecule has 20 heavy (non-hydrogen) atoms. The molecule has 6 heteroatoms. The number of aryl methyl sites for hydroxylation is 1. The highest BCUT2D eigenvalue weighted by Crippen LogP contribution is 2.30. The molecule has 1 heterocycles. The highest BCUT2D eigenvalue weighted by molar-refractivity contribution is 5.91. The lowest BCUT2D eigenvalue weighted by Crippen LogP contribution is -2.09. The average molecular weight is 276 g/mol. The second kappa shape index (κ2) is 5.16. The van der Waals surface area contributed by atoms with Crippen molar-refractivity contribution in [3.8, 4) is 11.5 Å². The summed E-state index contributed by atoms with van der Waals surface area (Å²) in [5, 5.41) is 0.593. The van der Waals surface area contributed by atoms with Crippen LogP contribution in [0.4, 0.5) is 0 Å². The molecule has 2 rings (SSSR count). The maximum absolute atomic E-state index is 11.9. The van der Waals surface area contributed by atoms with E-state index in [9.17, 15) is 14.4 Å². The van der Waals surface area contributed by atoms with Gasteiger partial charge in [0.25, 0.3) is 0 Å². The Labute approximate surface area is 113 Å². The Morgan fingerprint density at radius 3 is 2.30 bits per heavy atom. The highest BCUT2D eigenvalue weighted by atomic mass is 16.5. The van der Waals surface area contributed by atoms with Crippen molar-refractivity contribution in [2.75, 3.05) is 0 Å². The van der Waals surface area contributed by atoms with Gasteiger partial charge in [0.1, 0.15) is 22.6 Å². The van der Waals surface area contributed by atoms with E-state index in [-0.39, 0.29) is 16.9 Å². The fourth-order valence-electron chi connectivity index (χ4n) is 1.85. The average Bonchev–Trinajstić information content (AvgIpc) is 2.24. The predicted molar refractivity (Wildman–Crippen MR) is 69.8 cm³/mol. The van der Waals surface area contributed by atoms with Crippen LogP contribution in [0.3, 0.4) is 0 Å². The van der Waals surface area contributed by atoms with Gasteiger partial charge >= 0.3 is 17.6 Å². The number of carbonyl (C=O) groups is 2. The van der Waals surface area contributed by atoms with Crippen LogP contribution in [0.1, 0.15) is 19.6 Å². The van der Waals surface area contributed by atoms with Gasteiger partial charge in [-0.15, -0.1) is 0 Å². The van der Waals surface area contributed by atoms with E-state index >= 15 is 0 Å². The third-order valence-electron chi connectivity index (χ3n) is 2.44. The minimum Gasteiger partial charge on any atom is -0.428 e. The molecule has 0 N–H and O–H groups in total. The Morgan fingerprint density at radius 2 is 1.70 bits per heavy atom. The topological polar surface area (TPSA) is 82.8 Å². The van der Waals surface area contributed by atoms with Crippen LogP contribution in [-0.2, 0) is 9.59 Å². The molecule has 0 aliphatic heterocycles. The maximum Gasteiger partial charge on any atom is 0.347 e. The summed E-state index contributed by atoms with van der Waals surface area (Å²) in [4.78, 5) is 34.0. The van der Waals surface area contributed by atoms with Crippen molar-refractivity contribution >= 4 is 22.7 Å². The Bertz CT molecular complexity index is 756. The lowest BCUT2D eigenvalue weighted by molar-refractivity contribution is -0.132. The SMILES string of the molecule is CC(=O)Oc1cc(OC(C)=O)c2c(=O)oc(C)cc2c1. The minimum absolute atomic E-state index is 0.000000000000000444. The van der Waals surface area contributed by atoms with E-state index in [4.69, 9.17) is 13.9 Å². The quantitative estimate of drug-likeness (QED) is 0.616. The van der Waals surface area contributed by atoms with E-state index in [1.54, 1.807) is 13.0 Å². The third-order valence-corrected chi connectivity index (χ3v) is 2.44. The van der Waals surface area contributed by atoms with E-state index in [2.05, 4.69) is 0 Å². The van der Waals surface area contributed by atoms with Crippen LogP contribution in [0.5, 0.6) is 11.5 Å². The molecule has 6 nitrogen and oxygen atoms in total. The van der Waals surface area contributed by atoms with Crippen molar-refractivity contribution in [2.24, 2.45) is 0 Å². The molecule has 0 saturated heterocycles. The molecule has 1 aromatic heterocycles. The van der Waals surface area contributed by atoms with Crippen LogP contribution in [0, 0.1) is 6.92 Å². The zero-order chi connectivity index (χ0) is 14.9. The number of fused-ring (bicyclic) bond motifs is 1. The largest absolute Gasteiger partial charge is 0.428 e. The first kappa shape index (κ1) is 13.8. The van der Waals surface area contributed by atoms with Gasteiger partial charge in [0.05, 0.1) is 0 Å². The molecule has 0 amide bonds. The predicted octanol–water partition coefficient (Wildman–Crippen LogP) is 1.95. The Balaban J connectivity index is 2.74. The summed E-state index contributed by atoms with van der Waals surface area (Å²) in [6.45, 7) is 4.07. The molecule has 0 bridgehead atoms. The Hall–Kier alpha value is -2.63. The third kappa shape index (κ3) is 2.85. The fraction of sp³-hybridized carbons (Fsp3) is 0.214. The minimum atomic E-state index is -0.620. The first-order valence-corrected chi connectivity index (χ1v) is 5.82. The summed E-state index contributed by atoms with van der Waals surface area (Å²) >= 11 is 0. The van der Waals surface area contributed by atoms with E-state index in [0.29, 0.717) is 11.1 Å². The summed E-state index contributed by atoms with van der Waals surface area (Å²) < 4.78 is 14.9. The fourth-order valence-corrected chi connectivity index (χ4v) is 1.85. The summed E-state index contributed by atoms with van der Waals surface area (Å²) in [7, 11) is 0. The smallest absolute Gasteiger partial charge is 0.347 e. The molecule has 104 valence electrons. The number of hydrogen-bond donors (Lipinski definition) is 0. The van der Waals surface area contributed by atoms with Gasteiger partial charge in [-0.1, -0.05) is 0 Å². The van der Waals surface area contributed by atoms with Gasteiger partial charge in [0.15, 0.2) is 0 Å². The van der Waals surface area contributed by atoms with Gasteiger partial charge < -0.3 is 13.9 Å². The highest BCUT2D eigenvalue weighted by Gasteiger charge is 2.14. The standard InChI is InChI=1S/C14H12O6/c1-7-4-10-5-11(19-8(2)15)6-12(20-9(3)16)13(10)14(17)18-7/h4-6H,1-3H3. The first-order chi connectivity index (χ1) is 9.36. The van der Waals surface area contributed by atoms with E-state index < -0.39 is 17.6 Å². The van der Waals surface area contributed by atoms with Crippen molar-refractivity contribution in [1.29, 1.82) is 0 Å². The number of esters is 2. The second-order valence-corrected chi connectivity index (χ2v) is 4.22. The number of ether oxygens (including phenoxy) is 2. The molecule has 0 radical (unpaired) electrons. The van der Waals surface area contributed by atoms with Gasteiger partial charge in [-0.2, -0.15) is 0 Å². The molecule has 0 unspecified atom stereocenters. The summed E-state index contributed by atoms with van der Waals surface area (Å²) in [6.07, 6.45) is 0. The zero-order valence-corrected chi connectivity index (χ0v) is 11.2.